The van der Waals surface area contributed by atoms with Gasteiger partial charge in [0, 0.05) is 49.9 Å². The number of H-pyrrole nitrogens is 1. The van der Waals surface area contributed by atoms with Crippen LogP contribution < -0.4 is 10.5 Å². The van der Waals surface area contributed by atoms with Crippen LogP contribution >= 0.6 is 0 Å². The molecule has 1 atom stereocenters. The van der Waals surface area contributed by atoms with Crippen molar-refractivity contribution < 1.29 is 9.53 Å². The highest BCUT2D eigenvalue weighted by molar-refractivity contribution is 6.07. The van der Waals surface area contributed by atoms with E-state index >= 15 is 0 Å². The van der Waals surface area contributed by atoms with E-state index in [4.69, 9.17) is 4.74 Å². The van der Waals surface area contributed by atoms with E-state index in [0.717, 1.165) is 41.8 Å². The zero-order valence-corrected chi connectivity index (χ0v) is 20.0. The van der Waals surface area contributed by atoms with Crippen LogP contribution in [0.3, 0.4) is 0 Å². The van der Waals surface area contributed by atoms with Gasteiger partial charge in [0.1, 0.15) is 5.82 Å². The van der Waals surface area contributed by atoms with Crippen molar-refractivity contribution in [2.75, 3.05) is 44.3 Å². The van der Waals surface area contributed by atoms with E-state index in [1.54, 1.807) is 6.20 Å². The molecule has 1 aromatic carbocycles. The molecule has 1 amide bonds. The number of rotatable bonds is 3. The highest BCUT2D eigenvalue weighted by atomic mass is 16.5. The number of carbonyl (C=O) groups excluding carboxylic acids is 1. The van der Waals surface area contributed by atoms with Gasteiger partial charge in [0.05, 0.1) is 35.3 Å². The summed E-state index contributed by atoms with van der Waals surface area (Å²) >= 11 is 0. The molecule has 0 spiro atoms. The van der Waals surface area contributed by atoms with Gasteiger partial charge in [-0.2, -0.15) is 5.10 Å². The predicted molar refractivity (Wildman–Crippen MR) is 141 cm³/mol. The summed E-state index contributed by atoms with van der Waals surface area (Å²) < 4.78 is 7.46. The van der Waals surface area contributed by atoms with Crippen molar-refractivity contribution in [3.63, 3.8) is 0 Å². The number of nitrogens with zero attached hydrogens (tertiary/aromatic N) is 5. The standard InChI is InChI=1S/C26H28N6O3.CH4/c1-16-3-5-27-23(11-16)30-6-8-31(9-7-30)26(34)19-13-20-22(12-17(19)2)29-25(33)21-14-28-32(24(20)21)18-4-10-35-15-18;/h3,5,11-14,18H,4,6-10,15H2,1-2H3,(H,29,33);1H4/t18-;/m0./s1. The Kier molecular flexibility index (Phi) is 6.26. The summed E-state index contributed by atoms with van der Waals surface area (Å²) in [6.07, 6.45) is 4.29. The second kappa shape index (κ2) is 9.39. The number of aromatic nitrogens is 4. The lowest BCUT2D eigenvalue weighted by Crippen LogP contribution is -2.49. The molecule has 9 nitrogen and oxygen atoms in total. The molecule has 2 fully saturated rings. The van der Waals surface area contributed by atoms with Crippen LogP contribution in [-0.4, -0.2) is 69.9 Å². The van der Waals surface area contributed by atoms with Crippen molar-refractivity contribution in [1.82, 2.24) is 24.6 Å². The lowest BCUT2D eigenvalue weighted by molar-refractivity contribution is 0.0746. The van der Waals surface area contributed by atoms with E-state index in [9.17, 15) is 9.59 Å². The first-order valence-corrected chi connectivity index (χ1v) is 12.1. The number of amides is 1. The van der Waals surface area contributed by atoms with Crippen molar-refractivity contribution in [3.8, 4) is 0 Å². The molecule has 4 aromatic rings. The van der Waals surface area contributed by atoms with Crippen LogP contribution in [0.4, 0.5) is 5.82 Å². The van der Waals surface area contributed by atoms with Gasteiger partial charge in [0.2, 0.25) is 0 Å². The smallest absolute Gasteiger partial charge is 0.259 e. The normalized spacial score (nSPS) is 18.1. The van der Waals surface area contributed by atoms with Crippen LogP contribution in [0.1, 0.15) is 41.4 Å². The number of piperazine rings is 1. The van der Waals surface area contributed by atoms with Gasteiger partial charge >= 0.3 is 0 Å². The molecule has 36 heavy (non-hydrogen) atoms. The minimum absolute atomic E-state index is 0. The number of aromatic amines is 1. The molecule has 0 unspecified atom stereocenters. The quantitative estimate of drug-likeness (QED) is 0.475. The zero-order valence-electron chi connectivity index (χ0n) is 20.0. The molecule has 2 saturated heterocycles. The van der Waals surface area contributed by atoms with E-state index in [-0.39, 0.29) is 24.9 Å². The average Bonchev–Trinajstić information content (AvgIpc) is 3.54. The Bertz CT molecular complexity index is 1490. The molecule has 188 valence electrons. The molecule has 0 radical (unpaired) electrons. The van der Waals surface area contributed by atoms with Gasteiger partial charge in [-0.15, -0.1) is 0 Å². The van der Waals surface area contributed by atoms with E-state index in [1.165, 1.54) is 5.56 Å². The third kappa shape index (κ3) is 4.03. The largest absolute Gasteiger partial charge is 0.379 e. The summed E-state index contributed by atoms with van der Waals surface area (Å²) in [6.45, 7) is 7.96. The zero-order chi connectivity index (χ0) is 24.1. The molecule has 6 rings (SSSR count). The fourth-order valence-corrected chi connectivity index (χ4v) is 5.22. The van der Waals surface area contributed by atoms with Gasteiger partial charge in [-0.3, -0.25) is 14.3 Å². The lowest BCUT2D eigenvalue weighted by Gasteiger charge is -2.35. The third-order valence-corrected chi connectivity index (χ3v) is 7.18. The summed E-state index contributed by atoms with van der Waals surface area (Å²) in [6, 6.07) is 7.98. The Morgan fingerprint density at radius 3 is 2.64 bits per heavy atom. The molecular weight excluding hydrogens is 456 g/mol. The molecule has 1 N–H and O–H groups in total. The molecule has 9 heteroatoms. The average molecular weight is 489 g/mol. The van der Waals surface area contributed by atoms with Crippen LogP contribution in [0.5, 0.6) is 0 Å². The summed E-state index contributed by atoms with van der Waals surface area (Å²) in [5, 5.41) is 5.90. The maximum atomic E-state index is 13.6. The number of nitrogens with one attached hydrogen (secondary N) is 1. The summed E-state index contributed by atoms with van der Waals surface area (Å²) in [7, 11) is 0. The number of aryl methyl sites for hydroxylation is 2. The summed E-state index contributed by atoms with van der Waals surface area (Å²) in [5.41, 5.74) is 3.99. The number of carbonyl (C=O) groups is 1. The topological polar surface area (TPSA) is 96.4 Å². The SMILES string of the molecule is C.Cc1ccnc(N2CCN(C(=O)c3cc4c(cc3C)[nH]c(=O)c3cnn([C@H]5CCOC5)c34)CC2)c1. The predicted octanol–water partition coefficient (Wildman–Crippen LogP) is 3.45. The number of hydrogen-bond donors (Lipinski definition) is 1. The molecule has 0 bridgehead atoms. The van der Waals surface area contributed by atoms with Crippen LogP contribution in [0.15, 0.2) is 41.5 Å². The van der Waals surface area contributed by atoms with Crippen molar-refractivity contribution in [1.29, 1.82) is 0 Å². The molecule has 0 aliphatic carbocycles. The van der Waals surface area contributed by atoms with Gasteiger partial charge < -0.3 is 19.5 Å². The highest BCUT2D eigenvalue weighted by Gasteiger charge is 2.26. The van der Waals surface area contributed by atoms with E-state index in [2.05, 4.69) is 33.0 Å². The summed E-state index contributed by atoms with van der Waals surface area (Å²) in [5.74, 6) is 0.963. The van der Waals surface area contributed by atoms with Gasteiger partial charge in [-0.25, -0.2) is 4.98 Å². The monoisotopic (exact) mass is 488 g/mol. The first kappa shape index (κ1) is 24.0. The summed E-state index contributed by atoms with van der Waals surface area (Å²) in [4.78, 5) is 38.0. The van der Waals surface area contributed by atoms with Crippen LogP contribution in [0.2, 0.25) is 0 Å². The maximum Gasteiger partial charge on any atom is 0.259 e. The Balaban J connectivity index is 0.00000267. The van der Waals surface area contributed by atoms with Crippen LogP contribution in [-0.2, 0) is 4.74 Å². The third-order valence-electron chi connectivity index (χ3n) is 7.18. The highest BCUT2D eigenvalue weighted by Crippen LogP contribution is 2.29. The molecule has 0 saturated carbocycles. The Morgan fingerprint density at radius 1 is 1.11 bits per heavy atom. The molecular formula is C27H32N6O3. The Labute approximate surface area is 209 Å². The number of ether oxygens (including phenoxy) is 1. The Morgan fingerprint density at radius 2 is 1.92 bits per heavy atom. The molecule has 3 aromatic heterocycles. The number of hydrogen-bond acceptors (Lipinski definition) is 6. The van der Waals surface area contributed by atoms with E-state index in [0.29, 0.717) is 42.8 Å². The van der Waals surface area contributed by atoms with Crippen LogP contribution in [0.25, 0.3) is 21.8 Å². The van der Waals surface area contributed by atoms with Gasteiger partial charge in [0.25, 0.3) is 11.5 Å². The number of pyridine rings is 2. The van der Waals surface area contributed by atoms with Crippen molar-refractivity contribution >= 4 is 33.5 Å². The fourth-order valence-electron chi connectivity index (χ4n) is 5.22. The van der Waals surface area contributed by atoms with Gasteiger partial charge in [-0.1, -0.05) is 7.43 Å². The molecule has 5 heterocycles. The van der Waals surface area contributed by atoms with Crippen LogP contribution in [0, 0.1) is 13.8 Å². The van der Waals surface area contributed by atoms with Crippen molar-refractivity contribution in [2.24, 2.45) is 0 Å². The molecule has 2 aliphatic heterocycles. The first-order valence-electron chi connectivity index (χ1n) is 12.1. The second-order valence-electron chi connectivity index (χ2n) is 9.51. The Hall–Kier alpha value is -3.72. The lowest BCUT2D eigenvalue weighted by atomic mass is 10.0. The van der Waals surface area contributed by atoms with E-state index < -0.39 is 0 Å². The molecule has 2 aliphatic rings. The maximum absolute atomic E-state index is 13.6. The number of benzene rings is 1. The van der Waals surface area contributed by atoms with Gasteiger partial charge in [0.15, 0.2) is 0 Å². The van der Waals surface area contributed by atoms with E-state index in [1.807, 2.05) is 40.9 Å². The number of fused-ring (bicyclic) bond motifs is 3. The minimum Gasteiger partial charge on any atom is -0.379 e. The van der Waals surface area contributed by atoms with Gasteiger partial charge in [-0.05, 0) is 55.7 Å². The second-order valence-corrected chi connectivity index (χ2v) is 9.51. The minimum atomic E-state index is -0.169. The van der Waals surface area contributed by atoms with Crippen molar-refractivity contribution in [3.05, 3.63) is 63.7 Å². The van der Waals surface area contributed by atoms with Crippen molar-refractivity contribution in [2.45, 2.75) is 33.7 Å². The fraction of sp³-hybridized carbons (Fsp3) is 0.407. The first-order chi connectivity index (χ1) is 17.0. The number of anilines is 1.